The van der Waals surface area contributed by atoms with Crippen LogP contribution in [0.25, 0.3) is 0 Å². The van der Waals surface area contributed by atoms with E-state index in [1.165, 1.54) is 0 Å². The van der Waals surface area contributed by atoms with Gasteiger partial charge in [-0.25, -0.2) is 4.79 Å². The van der Waals surface area contributed by atoms with E-state index in [2.05, 4.69) is 10.8 Å². The molecule has 1 unspecified atom stereocenters. The van der Waals surface area contributed by atoms with Gasteiger partial charge in [0.1, 0.15) is 0 Å². The highest BCUT2D eigenvalue weighted by Gasteiger charge is 2.22. The molecule has 0 aromatic heterocycles. The summed E-state index contributed by atoms with van der Waals surface area (Å²) in [4.78, 5) is 10.5. The summed E-state index contributed by atoms with van der Waals surface area (Å²) in [7, 11) is -3.76. The molecule has 0 radical (unpaired) electrons. The van der Waals surface area contributed by atoms with Crippen LogP contribution in [0, 0.1) is 0 Å². The van der Waals surface area contributed by atoms with Crippen LogP contribution in [-0.4, -0.2) is 31.4 Å². The lowest BCUT2D eigenvalue weighted by Gasteiger charge is -2.09. The molecule has 0 amide bonds. The molecule has 0 rings (SSSR count). The first-order chi connectivity index (χ1) is 6.93. The fourth-order valence-electron chi connectivity index (χ4n) is 0.916. The van der Waals surface area contributed by atoms with E-state index in [-0.39, 0.29) is 5.75 Å². The number of carboxylic acids is 1. The van der Waals surface area contributed by atoms with E-state index in [9.17, 15) is 13.2 Å². The molecule has 0 aliphatic carbocycles. The van der Waals surface area contributed by atoms with Crippen molar-refractivity contribution in [2.75, 3.05) is 5.75 Å². The lowest BCUT2D eigenvalue weighted by Crippen LogP contribution is -2.26. The van der Waals surface area contributed by atoms with Gasteiger partial charge in [-0.2, -0.15) is 8.42 Å². The predicted octanol–water partition coefficient (Wildman–Crippen LogP) is 1.16. The van der Waals surface area contributed by atoms with Crippen LogP contribution in [0.1, 0.15) is 26.2 Å². The summed E-state index contributed by atoms with van der Waals surface area (Å²) in [6.07, 6.45) is 1.59. The van der Waals surface area contributed by atoms with Gasteiger partial charge in [0.2, 0.25) is 0 Å². The molecular formula is C9H16O5S. The Hall–Kier alpha value is -0.880. The molecule has 1 atom stereocenters. The highest BCUT2D eigenvalue weighted by Crippen LogP contribution is 2.06. The molecule has 0 saturated heterocycles. The van der Waals surface area contributed by atoms with E-state index in [1.54, 1.807) is 0 Å². The zero-order chi connectivity index (χ0) is 11.9. The standard InChI is InChI=1S/C9H16O5S/c1-3-5-6-7-15(12,13)14-8(4-2)9(10)11/h4,8H,2-3,5-7H2,1H3,(H,10,11). The van der Waals surface area contributed by atoms with Crippen LogP contribution in [0.5, 0.6) is 0 Å². The van der Waals surface area contributed by atoms with Crippen LogP contribution < -0.4 is 0 Å². The van der Waals surface area contributed by atoms with Crippen molar-refractivity contribution in [1.29, 1.82) is 0 Å². The van der Waals surface area contributed by atoms with Crippen LogP contribution in [0.2, 0.25) is 0 Å². The molecule has 0 bridgehead atoms. The molecule has 0 aromatic rings. The van der Waals surface area contributed by atoms with Gasteiger partial charge in [0.25, 0.3) is 10.1 Å². The zero-order valence-electron chi connectivity index (χ0n) is 8.68. The molecule has 0 heterocycles. The molecule has 88 valence electrons. The van der Waals surface area contributed by atoms with E-state index < -0.39 is 22.2 Å². The smallest absolute Gasteiger partial charge is 0.338 e. The minimum absolute atomic E-state index is 0.154. The SMILES string of the molecule is C=CC(OS(=O)(=O)CCCCC)C(=O)O. The second kappa shape index (κ2) is 6.58. The number of hydrogen-bond donors (Lipinski definition) is 1. The first-order valence-electron chi connectivity index (χ1n) is 4.69. The van der Waals surface area contributed by atoms with E-state index in [4.69, 9.17) is 5.11 Å². The Balaban J connectivity index is 4.23. The highest BCUT2D eigenvalue weighted by molar-refractivity contribution is 7.86. The van der Waals surface area contributed by atoms with Crippen molar-refractivity contribution < 1.29 is 22.5 Å². The third kappa shape index (κ3) is 6.24. The van der Waals surface area contributed by atoms with Gasteiger partial charge in [0, 0.05) is 0 Å². The second-order valence-corrected chi connectivity index (χ2v) is 4.78. The molecule has 0 saturated carbocycles. The molecule has 0 fully saturated rings. The van der Waals surface area contributed by atoms with Crippen LogP contribution in [-0.2, 0) is 19.1 Å². The minimum Gasteiger partial charge on any atom is -0.479 e. The highest BCUT2D eigenvalue weighted by atomic mass is 32.2. The summed E-state index contributed by atoms with van der Waals surface area (Å²) in [5.41, 5.74) is 0. The van der Waals surface area contributed by atoms with Gasteiger partial charge in [-0.3, -0.25) is 4.18 Å². The lowest BCUT2D eigenvalue weighted by atomic mass is 10.3. The molecule has 1 N–H and O–H groups in total. The Morgan fingerprint density at radius 1 is 1.53 bits per heavy atom. The molecular weight excluding hydrogens is 220 g/mol. The first kappa shape index (κ1) is 14.1. The molecule has 6 heteroatoms. The maximum absolute atomic E-state index is 11.2. The Kier molecular flexibility index (Phi) is 6.19. The van der Waals surface area contributed by atoms with Gasteiger partial charge < -0.3 is 5.11 Å². The summed E-state index contributed by atoms with van der Waals surface area (Å²) in [6, 6.07) is 0. The van der Waals surface area contributed by atoms with Crippen LogP contribution in [0.3, 0.4) is 0 Å². The first-order valence-corrected chi connectivity index (χ1v) is 6.27. The average molecular weight is 236 g/mol. The van der Waals surface area contributed by atoms with Crippen LogP contribution in [0.4, 0.5) is 0 Å². The summed E-state index contributed by atoms with van der Waals surface area (Å²) in [5, 5.41) is 8.55. The molecule has 15 heavy (non-hydrogen) atoms. The maximum atomic E-state index is 11.2. The maximum Gasteiger partial charge on any atom is 0.338 e. The summed E-state index contributed by atoms with van der Waals surface area (Å²) < 4.78 is 26.9. The molecule has 0 aliphatic rings. The normalized spacial score (nSPS) is 13.4. The monoisotopic (exact) mass is 236 g/mol. The lowest BCUT2D eigenvalue weighted by molar-refractivity contribution is -0.142. The van der Waals surface area contributed by atoms with Crippen molar-refractivity contribution >= 4 is 16.1 Å². The average Bonchev–Trinajstić information content (AvgIpc) is 2.14. The quantitative estimate of drug-likeness (QED) is 0.388. The second-order valence-electron chi connectivity index (χ2n) is 3.06. The predicted molar refractivity (Wildman–Crippen MR) is 56.0 cm³/mol. The fourth-order valence-corrected chi connectivity index (χ4v) is 2.05. The number of carboxylic acid groups (broad SMARTS) is 1. The summed E-state index contributed by atoms with van der Waals surface area (Å²) in [6.45, 7) is 5.13. The molecule has 0 aliphatic heterocycles. The van der Waals surface area contributed by atoms with E-state index in [1.807, 2.05) is 6.92 Å². The number of carbonyl (C=O) groups is 1. The van der Waals surface area contributed by atoms with Gasteiger partial charge in [0.05, 0.1) is 5.75 Å². The molecule has 0 aromatic carbocycles. The van der Waals surface area contributed by atoms with Gasteiger partial charge in [-0.1, -0.05) is 32.4 Å². The van der Waals surface area contributed by atoms with Crippen molar-refractivity contribution in [3.63, 3.8) is 0 Å². The largest absolute Gasteiger partial charge is 0.479 e. The van der Waals surface area contributed by atoms with Gasteiger partial charge >= 0.3 is 5.97 Å². The van der Waals surface area contributed by atoms with Crippen molar-refractivity contribution in [1.82, 2.24) is 0 Å². The van der Waals surface area contributed by atoms with Crippen molar-refractivity contribution in [2.24, 2.45) is 0 Å². The number of unbranched alkanes of at least 4 members (excludes halogenated alkanes) is 2. The molecule has 5 nitrogen and oxygen atoms in total. The van der Waals surface area contributed by atoms with E-state index >= 15 is 0 Å². The van der Waals surface area contributed by atoms with Crippen LogP contribution in [0.15, 0.2) is 12.7 Å². The Morgan fingerprint density at radius 3 is 2.53 bits per heavy atom. The number of hydrogen-bond acceptors (Lipinski definition) is 4. The third-order valence-corrected chi connectivity index (χ3v) is 2.99. The Morgan fingerprint density at radius 2 is 2.13 bits per heavy atom. The number of rotatable bonds is 8. The Labute approximate surface area is 89.9 Å². The zero-order valence-corrected chi connectivity index (χ0v) is 9.50. The summed E-state index contributed by atoms with van der Waals surface area (Å²) >= 11 is 0. The third-order valence-electron chi connectivity index (χ3n) is 1.71. The summed E-state index contributed by atoms with van der Waals surface area (Å²) in [5.74, 6) is -1.51. The van der Waals surface area contributed by atoms with Crippen molar-refractivity contribution in [3.05, 3.63) is 12.7 Å². The Bertz CT molecular complexity index is 306. The van der Waals surface area contributed by atoms with Gasteiger partial charge in [-0.05, 0) is 6.42 Å². The topological polar surface area (TPSA) is 80.7 Å². The van der Waals surface area contributed by atoms with E-state index in [0.717, 1.165) is 18.9 Å². The van der Waals surface area contributed by atoms with E-state index in [0.29, 0.717) is 6.42 Å². The van der Waals surface area contributed by atoms with Crippen LogP contribution >= 0.6 is 0 Å². The van der Waals surface area contributed by atoms with Crippen molar-refractivity contribution in [3.8, 4) is 0 Å². The minimum atomic E-state index is -3.76. The fraction of sp³-hybridized carbons (Fsp3) is 0.667. The van der Waals surface area contributed by atoms with Gasteiger partial charge in [0.15, 0.2) is 6.10 Å². The molecule has 0 spiro atoms. The van der Waals surface area contributed by atoms with Gasteiger partial charge in [-0.15, -0.1) is 0 Å². The van der Waals surface area contributed by atoms with Crippen molar-refractivity contribution in [2.45, 2.75) is 32.3 Å². The number of aliphatic carboxylic acids is 1.